The Balaban J connectivity index is 1.84. The minimum absolute atomic E-state index is 0.0199. The number of hydrogen-bond donors (Lipinski definition) is 2. The first-order chi connectivity index (χ1) is 11.9. The van der Waals surface area contributed by atoms with Gasteiger partial charge >= 0.3 is 11.9 Å². The van der Waals surface area contributed by atoms with Gasteiger partial charge in [-0.25, -0.2) is 9.59 Å². The van der Waals surface area contributed by atoms with Crippen LogP contribution in [0.3, 0.4) is 0 Å². The van der Waals surface area contributed by atoms with Crippen LogP contribution >= 0.6 is 0 Å². The fraction of sp³-hybridized carbons (Fsp3) is 0. The van der Waals surface area contributed by atoms with Crippen LogP contribution in [0, 0.1) is 0 Å². The fourth-order valence-electron chi connectivity index (χ4n) is 2.34. The molecule has 2 aromatic carbocycles. The van der Waals surface area contributed by atoms with E-state index in [1.54, 1.807) is 30.3 Å². The lowest BCUT2D eigenvalue weighted by Gasteiger charge is -1.99. The molecule has 0 atom stereocenters. The summed E-state index contributed by atoms with van der Waals surface area (Å²) in [6.07, 6.45) is 4.04. The summed E-state index contributed by atoms with van der Waals surface area (Å²) in [5, 5.41) is 17.6. The van der Waals surface area contributed by atoms with Crippen molar-refractivity contribution in [3.8, 4) is 5.75 Å². The molecule has 2 aromatic rings. The summed E-state index contributed by atoms with van der Waals surface area (Å²) in [7, 11) is 0. The van der Waals surface area contributed by atoms with Gasteiger partial charge < -0.3 is 14.9 Å². The van der Waals surface area contributed by atoms with E-state index in [9.17, 15) is 14.4 Å². The molecule has 1 heterocycles. The zero-order valence-electron chi connectivity index (χ0n) is 12.8. The van der Waals surface area contributed by atoms with Crippen LogP contribution in [0.15, 0.2) is 54.3 Å². The molecule has 1 aliphatic rings. The maximum absolute atomic E-state index is 12.4. The first-order valence-corrected chi connectivity index (χ1v) is 7.27. The van der Waals surface area contributed by atoms with E-state index in [4.69, 9.17) is 14.9 Å². The number of carboxylic acid groups (broad SMARTS) is 2. The number of aromatic carboxylic acids is 1. The molecule has 25 heavy (non-hydrogen) atoms. The number of ether oxygens (including phenoxy) is 1. The molecule has 1 aliphatic heterocycles. The zero-order chi connectivity index (χ0) is 18.0. The van der Waals surface area contributed by atoms with Gasteiger partial charge in [0.2, 0.25) is 5.78 Å². The lowest BCUT2D eigenvalue weighted by atomic mass is 10.1. The number of carbonyl (C=O) groups is 3. The standard InChI is InChI=1S/C19H12O6/c20-17(21)8-5-11-1-3-12(4-2-11)9-16-18(22)14-10-13(19(23)24)6-7-15(14)25-16/h1-10H,(H,20,21)(H,23,24)/b8-5+,16-9-. The molecule has 0 saturated heterocycles. The van der Waals surface area contributed by atoms with E-state index in [1.165, 1.54) is 24.3 Å². The maximum atomic E-state index is 12.4. The molecule has 0 aliphatic carbocycles. The molecule has 0 spiro atoms. The first-order valence-electron chi connectivity index (χ1n) is 7.27. The largest absolute Gasteiger partial charge is 0.478 e. The predicted molar refractivity (Wildman–Crippen MR) is 89.4 cm³/mol. The number of aliphatic carboxylic acids is 1. The molecular formula is C19H12O6. The molecule has 0 bridgehead atoms. The molecule has 0 amide bonds. The van der Waals surface area contributed by atoms with Gasteiger partial charge in [0, 0.05) is 6.08 Å². The smallest absolute Gasteiger partial charge is 0.335 e. The maximum Gasteiger partial charge on any atom is 0.335 e. The van der Waals surface area contributed by atoms with Gasteiger partial charge in [-0.1, -0.05) is 24.3 Å². The van der Waals surface area contributed by atoms with Crippen LogP contribution in [0.5, 0.6) is 5.75 Å². The van der Waals surface area contributed by atoms with Crippen LogP contribution < -0.4 is 4.74 Å². The van der Waals surface area contributed by atoms with Crippen LogP contribution in [-0.4, -0.2) is 27.9 Å². The third-order valence-corrected chi connectivity index (χ3v) is 3.57. The SMILES string of the molecule is O=C(O)/C=C/c1ccc(/C=C2\Oc3ccc(C(=O)O)cc3C2=O)cc1. The summed E-state index contributed by atoms with van der Waals surface area (Å²) in [6.45, 7) is 0. The minimum atomic E-state index is -1.11. The van der Waals surface area contributed by atoms with E-state index in [2.05, 4.69) is 0 Å². The second-order valence-electron chi connectivity index (χ2n) is 5.29. The average Bonchev–Trinajstić information content (AvgIpc) is 2.89. The molecule has 6 heteroatoms. The van der Waals surface area contributed by atoms with E-state index in [0.717, 1.165) is 6.08 Å². The number of fused-ring (bicyclic) bond motifs is 1. The highest BCUT2D eigenvalue weighted by Crippen LogP contribution is 2.32. The van der Waals surface area contributed by atoms with Crippen LogP contribution in [0.1, 0.15) is 31.8 Å². The van der Waals surface area contributed by atoms with Crippen LogP contribution in [0.4, 0.5) is 0 Å². The Bertz CT molecular complexity index is 935. The van der Waals surface area contributed by atoms with E-state index in [0.29, 0.717) is 16.9 Å². The second kappa shape index (κ2) is 6.45. The zero-order valence-corrected chi connectivity index (χ0v) is 12.8. The first kappa shape index (κ1) is 16.2. The number of carbonyl (C=O) groups excluding carboxylic acids is 1. The van der Waals surface area contributed by atoms with Gasteiger partial charge in [-0.3, -0.25) is 4.79 Å². The summed E-state index contributed by atoms with van der Waals surface area (Å²) in [5.41, 5.74) is 1.64. The molecule has 6 nitrogen and oxygen atoms in total. The van der Waals surface area contributed by atoms with Crippen LogP contribution in [0.25, 0.3) is 12.2 Å². The molecular weight excluding hydrogens is 324 g/mol. The van der Waals surface area contributed by atoms with Crippen molar-refractivity contribution in [1.82, 2.24) is 0 Å². The van der Waals surface area contributed by atoms with Gasteiger partial charge in [-0.2, -0.15) is 0 Å². The Kier molecular flexibility index (Phi) is 4.18. The van der Waals surface area contributed by atoms with Crippen LogP contribution in [0.2, 0.25) is 0 Å². The highest BCUT2D eigenvalue weighted by molar-refractivity contribution is 6.15. The van der Waals surface area contributed by atoms with Crippen molar-refractivity contribution in [2.75, 3.05) is 0 Å². The lowest BCUT2D eigenvalue weighted by molar-refractivity contribution is -0.131. The summed E-state index contributed by atoms with van der Waals surface area (Å²) in [4.78, 5) is 33.8. The van der Waals surface area contributed by atoms with E-state index in [-0.39, 0.29) is 22.7 Å². The quantitative estimate of drug-likeness (QED) is 0.832. The highest BCUT2D eigenvalue weighted by atomic mass is 16.5. The third-order valence-electron chi connectivity index (χ3n) is 3.57. The molecule has 0 aromatic heterocycles. The predicted octanol–water partition coefficient (Wildman–Crippen LogP) is 3.10. The topological polar surface area (TPSA) is 101 Å². The molecule has 3 rings (SSSR count). The Morgan fingerprint density at radius 3 is 2.28 bits per heavy atom. The Labute approximate surface area is 142 Å². The van der Waals surface area contributed by atoms with E-state index >= 15 is 0 Å². The number of allylic oxidation sites excluding steroid dienone is 1. The normalized spacial score (nSPS) is 14.6. The fourth-order valence-corrected chi connectivity index (χ4v) is 2.34. The average molecular weight is 336 g/mol. The van der Waals surface area contributed by atoms with Crippen molar-refractivity contribution in [2.24, 2.45) is 0 Å². The van der Waals surface area contributed by atoms with E-state index < -0.39 is 11.9 Å². The summed E-state index contributed by atoms with van der Waals surface area (Å²) in [5.74, 6) is -2.10. The Hall–Kier alpha value is -3.67. The van der Waals surface area contributed by atoms with Gasteiger partial charge in [0.1, 0.15) is 5.75 Å². The number of rotatable bonds is 4. The van der Waals surface area contributed by atoms with Crippen molar-refractivity contribution in [3.05, 3.63) is 76.6 Å². The van der Waals surface area contributed by atoms with Crippen molar-refractivity contribution in [1.29, 1.82) is 0 Å². The molecule has 0 saturated carbocycles. The number of carboxylic acids is 2. The monoisotopic (exact) mass is 336 g/mol. The summed E-state index contributed by atoms with van der Waals surface area (Å²) >= 11 is 0. The molecule has 0 fully saturated rings. The van der Waals surface area contributed by atoms with Crippen LogP contribution in [-0.2, 0) is 4.79 Å². The molecule has 0 unspecified atom stereocenters. The molecule has 2 N–H and O–H groups in total. The van der Waals surface area contributed by atoms with Crippen molar-refractivity contribution in [2.45, 2.75) is 0 Å². The van der Waals surface area contributed by atoms with E-state index in [1.807, 2.05) is 0 Å². The molecule has 0 radical (unpaired) electrons. The number of benzene rings is 2. The third kappa shape index (κ3) is 3.48. The Morgan fingerprint density at radius 1 is 0.960 bits per heavy atom. The van der Waals surface area contributed by atoms with Gasteiger partial charge in [-0.05, 0) is 41.5 Å². The summed E-state index contributed by atoms with van der Waals surface area (Å²) < 4.78 is 5.49. The summed E-state index contributed by atoms with van der Waals surface area (Å²) in [6, 6.07) is 11.0. The van der Waals surface area contributed by atoms with Gasteiger partial charge in [0.05, 0.1) is 11.1 Å². The minimum Gasteiger partial charge on any atom is -0.478 e. The van der Waals surface area contributed by atoms with Crippen molar-refractivity contribution in [3.63, 3.8) is 0 Å². The van der Waals surface area contributed by atoms with Gasteiger partial charge in [-0.15, -0.1) is 0 Å². The second-order valence-corrected chi connectivity index (χ2v) is 5.29. The number of Topliss-reactive ketones (excluding diaryl/α,β-unsaturated/α-hetero) is 1. The van der Waals surface area contributed by atoms with Gasteiger partial charge in [0.15, 0.2) is 5.76 Å². The van der Waals surface area contributed by atoms with Crippen molar-refractivity contribution < 1.29 is 29.3 Å². The van der Waals surface area contributed by atoms with Crippen molar-refractivity contribution >= 4 is 29.9 Å². The Morgan fingerprint density at radius 2 is 1.64 bits per heavy atom. The lowest BCUT2D eigenvalue weighted by Crippen LogP contribution is -2.00. The highest BCUT2D eigenvalue weighted by Gasteiger charge is 2.28. The number of hydrogen-bond acceptors (Lipinski definition) is 4. The molecule has 124 valence electrons. The number of ketones is 1. The van der Waals surface area contributed by atoms with Gasteiger partial charge in [0.25, 0.3) is 0 Å².